The molecule has 1 aromatic carbocycles. The third kappa shape index (κ3) is 3.34. The number of carbonyl (C=O) groups is 1. The highest BCUT2D eigenvalue weighted by molar-refractivity contribution is 6.33. The molecule has 1 amide bonds. The van der Waals surface area contributed by atoms with Crippen LogP contribution >= 0.6 is 11.6 Å². The van der Waals surface area contributed by atoms with E-state index in [1.807, 2.05) is 43.0 Å². The summed E-state index contributed by atoms with van der Waals surface area (Å²) in [4.78, 5) is 20.3. The van der Waals surface area contributed by atoms with Crippen molar-refractivity contribution >= 4 is 23.5 Å². The number of amides is 1. The highest BCUT2D eigenvalue weighted by atomic mass is 35.5. The number of piperazine rings is 1. The summed E-state index contributed by atoms with van der Waals surface area (Å²) >= 11 is 6.19. The van der Waals surface area contributed by atoms with Gasteiger partial charge in [0.1, 0.15) is 0 Å². The first-order chi connectivity index (χ1) is 11.1. The summed E-state index contributed by atoms with van der Waals surface area (Å²) in [6.45, 7) is 6.70. The monoisotopic (exact) mass is 333 g/mol. The van der Waals surface area contributed by atoms with Crippen LogP contribution in [-0.2, 0) is 4.79 Å². The predicted molar refractivity (Wildman–Crippen MR) is 90.6 cm³/mol. The molecule has 0 aliphatic carbocycles. The minimum absolute atomic E-state index is 0.0371. The lowest BCUT2D eigenvalue weighted by Crippen LogP contribution is -2.50. The van der Waals surface area contributed by atoms with Gasteiger partial charge in [-0.1, -0.05) is 37.6 Å². The first kappa shape index (κ1) is 15.9. The molecule has 122 valence electrons. The lowest BCUT2D eigenvalue weighted by molar-refractivity contribution is -0.134. The highest BCUT2D eigenvalue weighted by Gasteiger charge is 2.25. The van der Waals surface area contributed by atoms with Gasteiger partial charge in [0.05, 0.1) is 11.2 Å². The summed E-state index contributed by atoms with van der Waals surface area (Å²) in [5.74, 6) is 0.898. The van der Waals surface area contributed by atoms with Crippen LogP contribution in [0.25, 0.3) is 11.3 Å². The van der Waals surface area contributed by atoms with E-state index >= 15 is 0 Å². The van der Waals surface area contributed by atoms with Gasteiger partial charge in [-0.05, 0) is 12.1 Å². The predicted octanol–water partition coefficient (Wildman–Crippen LogP) is 3.30. The van der Waals surface area contributed by atoms with Crippen LogP contribution < -0.4 is 4.90 Å². The van der Waals surface area contributed by atoms with E-state index in [2.05, 4.69) is 9.88 Å². The molecular formula is C17H20ClN3O2. The van der Waals surface area contributed by atoms with Crippen LogP contribution in [0, 0.1) is 5.92 Å². The van der Waals surface area contributed by atoms with Gasteiger partial charge in [0, 0.05) is 37.7 Å². The van der Waals surface area contributed by atoms with Crippen molar-refractivity contribution in [3.05, 3.63) is 35.5 Å². The minimum atomic E-state index is 0.0371. The summed E-state index contributed by atoms with van der Waals surface area (Å²) in [5, 5.41) is 0.641. The largest absolute Gasteiger partial charge is 0.423 e. The first-order valence-corrected chi connectivity index (χ1v) is 8.18. The van der Waals surface area contributed by atoms with E-state index in [1.54, 1.807) is 6.20 Å². The lowest BCUT2D eigenvalue weighted by Gasteiger charge is -2.34. The summed E-state index contributed by atoms with van der Waals surface area (Å²) in [6.07, 6.45) is 1.70. The normalized spacial score (nSPS) is 15.3. The van der Waals surface area contributed by atoms with Crippen molar-refractivity contribution in [3.8, 4) is 11.3 Å². The molecule has 1 fully saturated rings. The summed E-state index contributed by atoms with van der Waals surface area (Å²) < 4.78 is 5.86. The maximum atomic E-state index is 12.0. The van der Waals surface area contributed by atoms with Crippen LogP contribution in [-0.4, -0.2) is 42.0 Å². The average Bonchev–Trinajstić information content (AvgIpc) is 3.04. The standard InChI is InChI=1S/C17H20ClN3O2/c1-12(2)16(22)20-7-9-21(10-8-20)17-19-11-15(23-17)13-5-3-4-6-14(13)18/h3-6,11-12H,7-10H2,1-2H3. The summed E-state index contributed by atoms with van der Waals surface area (Å²) in [5.41, 5.74) is 0.835. The van der Waals surface area contributed by atoms with Crippen molar-refractivity contribution in [2.24, 2.45) is 5.92 Å². The van der Waals surface area contributed by atoms with Crippen molar-refractivity contribution in [1.29, 1.82) is 0 Å². The smallest absolute Gasteiger partial charge is 0.297 e. The van der Waals surface area contributed by atoms with Crippen LogP contribution in [0.5, 0.6) is 0 Å². The molecule has 0 atom stereocenters. The SMILES string of the molecule is CC(C)C(=O)N1CCN(c2ncc(-c3ccccc3Cl)o2)CC1. The van der Waals surface area contributed by atoms with E-state index in [9.17, 15) is 4.79 Å². The van der Waals surface area contributed by atoms with E-state index < -0.39 is 0 Å². The van der Waals surface area contributed by atoms with E-state index in [4.69, 9.17) is 16.0 Å². The number of anilines is 1. The quantitative estimate of drug-likeness (QED) is 0.864. The number of benzene rings is 1. The Kier molecular flexibility index (Phi) is 4.57. The van der Waals surface area contributed by atoms with Crippen molar-refractivity contribution in [3.63, 3.8) is 0 Å². The van der Waals surface area contributed by atoms with Crippen molar-refractivity contribution in [2.45, 2.75) is 13.8 Å². The second kappa shape index (κ2) is 6.62. The van der Waals surface area contributed by atoms with Gasteiger partial charge in [-0.2, -0.15) is 0 Å². The number of hydrogen-bond donors (Lipinski definition) is 0. The van der Waals surface area contributed by atoms with Crippen molar-refractivity contribution in [2.75, 3.05) is 31.1 Å². The lowest BCUT2D eigenvalue weighted by atomic mass is 10.1. The second-order valence-electron chi connectivity index (χ2n) is 5.95. The van der Waals surface area contributed by atoms with Crippen molar-refractivity contribution < 1.29 is 9.21 Å². The zero-order valence-corrected chi connectivity index (χ0v) is 14.1. The number of carbonyl (C=O) groups excluding carboxylic acids is 1. The molecule has 0 spiro atoms. The Morgan fingerprint density at radius 3 is 2.57 bits per heavy atom. The summed E-state index contributed by atoms with van der Waals surface area (Å²) in [7, 11) is 0. The molecule has 3 rings (SSSR count). The molecule has 1 saturated heterocycles. The molecule has 6 heteroatoms. The van der Waals surface area contributed by atoms with Crippen LogP contribution in [0.15, 0.2) is 34.9 Å². The van der Waals surface area contributed by atoms with Gasteiger partial charge in [-0.15, -0.1) is 0 Å². The molecule has 1 aliphatic heterocycles. The van der Waals surface area contributed by atoms with Crippen LogP contribution in [0.1, 0.15) is 13.8 Å². The van der Waals surface area contributed by atoms with E-state index in [-0.39, 0.29) is 11.8 Å². The minimum Gasteiger partial charge on any atom is -0.423 e. The van der Waals surface area contributed by atoms with Gasteiger partial charge in [-0.3, -0.25) is 4.79 Å². The zero-order valence-electron chi connectivity index (χ0n) is 13.3. The number of rotatable bonds is 3. The molecular weight excluding hydrogens is 314 g/mol. The maximum absolute atomic E-state index is 12.0. The molecule has 1 aliphatic rings. The fraction of sp³-hybridized carbons (Fsp3) is 0.412. The molecule has 23 heavy (non-hydrogen) atoms. The molecule has 0 radical (unpaired) electrons. The molecule has 0 N–H and O–H groups in total. The van der Waals surface area contributed by atoms with E-state index in [0.717, 1.165) is 18.7 Å². The first-order valence-electron chi connectivity index (χ1n) is 7.80. The molecule has 0 saturated carbocycles. The second-order valence-corrected chi connectivity index (χ2v) is 6.36. The number of halogens is 1. The Balaban J connectivity index is 1.68. The Bertz CT molecular complexity index is 691. The van der Waals surface area contributed by atoms with E-state index in [1.165, 1.54) is 0 Å². The fourth-order valence-electron chi connectivity index (χ4n) is 2.68. The van der Waals surface area contributed by atoms with Crippen molar-refractivity contribution in [1.82, 2.24) is 9.88 Å². The van der Waals surface area contributed by atoms with Gasteiger partial charge in [-0.25, -0.2) is 4.98 Å². The molecule has 0 unspecified atom stereocenters. The molecule has 5 nitrogen and oxygen atoms in total. The topological polar surface area (TPSA) is 49.6 Å². The average molecular weight is 334 g/mol. The number of aromatic nitrogens is 1. The fourth-order valence-corrected chi connectivity index (χ4v) is 2.91. The molecule has 0 bridgehead atoms. The Hall–Kier alpha value is -2.01. The number of hydrogen-bond acceptors (Lipinski definition) is 4. The van der Waals surface area contributed by atoms with Gasteiger partial charge < -0.3 is 14.2 Å². The third-order valence-corrected chi connectivity index (χ3v) is 4.32. The molecule has 2 heterocycles. The Morgan fingerprint density at radius 2 is 1.91 bits per heavy atom. The highest BCUT2D eigenvalue weighted by Crippen LogP contribution is 2.30. The Morgan fingerprint density at radius 1 is 1.22 bits per heavy atom. The van der Waals surface area contributed by atoms with E-state index in [0.29, 0.717) is 29.9 Å². The van der Waals surface area contributed by atoms with Gasteiger partial charge in [0.25, 0.3) is 6.01 Å². The zero-order chi connectivity index (χ0) is 16.4. The molecule has 2 aromatic rings. The van der Waals surface area contributed by atoms with Gasteiger partial charge >= 0.3 is 0 Å². The van der Waals surface area contributed by atoms with Gasteiger partial charge in [0.15, 0.2) is 5.76 Å². The van der Waals surface area contributed by atoms with Crippen LogP contribution in [0.3, 0.4) is 0 Å². The number of nitrogens with zero attached hydrogens (tertiary/aromatic N) is 3. The summed E-state index contributed by atoms with van der Waals surface area (Å²) in [6, 6.07) is 8.12. The number of oxazole rings is 1. The van der Waals surface area contributed by atoms with Gasteiger partial charge in [0.2, 0.25) is 5.91 Å². The Labute approximate surface area is 140 Å². The van der Waals surface area contributed by atoms with Crippen LogP contribution in [0.4, 0.5) is 6.01 Å². The molecule has 1 aromatic heterocycles. The third-order valence-electron chi connectivity index (χ3n) is 3.99. The maximum Gasteiger partial charge on any atom is 0.297 e. The van der Waals surface area contributed by atoms with Crippen LogP contribution in [0.2, 0.25) is 5.02 Å².